The van der Waals surface area contributed by atoms with Gasteiger partial charge in [-0.2, -0.15) is 29.4 Å². The summed E-state index contributed by atoms with van der Waals surface area (Å²) in [5, 5.41) is 0. The number of hydrogen-bond acceptors (Lipinski definition) is 6. The van der Waals surface area contributed by atoms with Crippen LogP contribution in [0.15, 0.2) is 24.3 Å². The van der Waals surface area contributed by atoms with Gasteiger partial charge in [-0.25, -0.2) is 0 Å². The van der Waals surface area contributed by atoms with Crippen LogP contribution >= 0.6 is 15.9 Å². The summed E-state index contributed by atoms with van der Waals surface area (Å²) < 4.78 is 0. The van der Waals surface area contributed by atoms with Gasteiger partial charge >= 0.3 is 15.9 Å². The van der Waals surface area contributed by atoms with E-state index in [-0.39, 0.29) is 12.3 Å². The van der Waals surface area contributed by atoms with Gasteiger partial charge in [0.15, 0.2) is 6.16 Å². The Kier molecular flexibility index (Phi) is 5.05. The fourth-order valence-corrected chi connectivity index (χ4v) is 3.89. The maximum absolute atomic E-state index is 9.18. The number of rotatable bonds is 5. The van der Waals surface area contributed by atoms with Crippen molar-refractivity contribution in [3.05, 3.63) is 35.4 Å². The molecule has 0 aromatic heterocycles. The molecule has 0 amide bonds. The van der Waals surface area contributed by atoms with Crippen LogP contribution in [0.3, 0.4) is 0 Å². The second kappa shape index (κ2) is 5.68. The number of benzene rings is 1. The van der Waals surface area contributed by atoms with E-state index in [1.54, 1.807) is 38.1 Å². The molecule has 1 aromatic rings. The molecule has 0 aliphatic carbocycles. The third-order valence-corrected chi connectivity index (χ3v) is 4.71. The van der Waals surface area contributed by atoms with Crippen LogP contribution in [0.25, 0.3) is 0 Å². The predicted molar refractivity (Wildman–Crippen MR) is 75.2 cm³/mol. The van der Waals surface area contributed by atoms with E-state index in [0.29, 0.717) is 11.1 Å². The van der Waals surface area contributed by atoms with Crippen molar-refractivity contribution in [3.8, 4) is 0 Å². The summed E-state index contributed by atoms with van der Waals surface area (Å²) in [5.41, 5.74) is 0.549. The van der Waals surface area contributed by atoms with Crippen molar-refractivity contribution >= 4 is 15.9 Å². The normalized spacial score (nSPS) is 13.7. The fraction of sp³-hybridized carbons (Fsp3) is 0.455. The van der Waals surface area contributed by atoms with Gasteiger partial charge < -0.3 is 0 Å². The first-order valence-corrected chi connectivity index (χ1v) is 9.28. The summed E-state index contributed by atoms with van der Waals surface area (Å²) in [6.45, 7) is 3.48. The Balaban J connectivity index is 2.98. The average Bonchev–Trinajstić information content (AvgIpc) is 2.11. The van der Waals surface area contributed by atoms with E-state index in [1.807, 2.05) is 0 Å². The molecule has 0 atom stereocenters. The first kappa shape index (κ1) is 16.9. The summed E-state index contributed by atoms with van der Waals surface area (Å²) in [6.07, 6.45) is -0.449. The summed E-state index contributed by atoms with van der Waals surface area (Å²) in [6, 6.07) is 6.70. The smallest absolute Gasteiger partial charge is 0.193 e. The molecule has 0 saturated heterocycles. The van der Waals surface area contributed by atoms with Gasteiger partial charge in [0, 0.05) is 5.41 Å². The van der Waals surface area contributed by atoms with E-state index in [0.717, 1.165) is 0 Å². The summed E-state index contributed by atoms with van der Waals surface area (Å²) in [5.74, 6) is 0. The van der Waals surface area contributed by atoms with E-state index in [9.17, 15) is 14.7 Å². The largest absolute Gasteiger partial charge is 0.408 e. The van der Waals surface area contributed by atoms with Gasteiger partial charge in [0.2, 0.25) is 0 Å². The number of hydrogen-bond donors (Lipinski definition) is 6. The molecule has 6 N–H and O–H groups in total. The van der Waals surface area contributed by atoms with Crippen molar-refractivity contribution in [1.29, 1.82) is 0 Å². The first-order valence-electron chi connectivity index (χ1n) is 5.61. The van der Waals surface area contributed by atoms with Crippen molar-refractivity contribution in [2.75, 3.05) is 6.16 Å². The van der Waals surface area contributed by atoms with Crippen LogP contribution in [0.2, 0.25) is 0 Å². The Labute approximate surface area is 113 Å². The third-order valence-electron chi connectivity index (χ3n) is 2.71. The van der Waals surface area contributed by atoms with Crippen molar-refractivity contribution in [2.24, 2.45) is 0 Å². The second-order valence-electron chi connectivity index (χ2n) is 5.29. The lowest BCUT2D eigenvalue weighted by Crippen LogP contribution is -2.24. The highest BCUT2D eigenvalue weighted by Crippen LogP contribution is 2.51. The van der Waals surface area contributed by atoms with Crippen LogP contribution in [-0.2, 0) is 11.6 Å². The predicted octanol–water partition coefficient (Wildman–Crippen LogP) is 0.943. The Hall–Kier alpha value is -0.160. The zero-order valence-electron chi connectivity index (χ0n) is 10.8. The topological polar surface area (TPSA) is 121 Å². The van der Waals surface area contributed by atoms with Gasteiger partial charge in [-0.1, -0.05) is 38.1 Å². The lowest BCUT2D eigenvalue weighted by molar-refractivity contribution is 0.317. The van der Waals surface area contributed by atoms with Crippen LogP contribution in [0.4, 0.5) is 0 Å². The quantitative estimate of drug-likeness (QED) is 0.450. The van der Waals surface area contributed by atoms with Crippen molar-refractivity contribution in [1.82, 2.24) is 0 Å². The van der Waals surface area contributed by atoms with E-state index in [4.69, 9.17) is 14.7 Å². The summed E-state index contributed by atoms with van der Waals surface area (Å²) in [4.78, 5) is 54.7. The van der Waals surface area contributed by atoms with Crippen LogP contribution in [0.1, 0.15) is 25.0 Å². The minimum absolute atomic E-state index is 0.193. The van der Waals surface area contributed by atoms with Gasteiger partial charge in [0.1, 0.15) is 6.16 Å². The molecule has 0 saturated carbocycles. The van der Waals surface area contributed by atoms with E-state index >= 15 is 0 Å². The molecule has 0 aliphatic rings. The molecular formula is C11H20O6P2+2. The highest BCUT2D eigenvalue weighted by atomic mass is 31.2. The molecule has 0 heterocycles. The van der Waals surface area contributed by atoms with Gasteiger partial charge in [0.25, 0.3) is 0 Å². The maximum atomic E-state index is 9.18. The fourth-order valence-electron chi connectivity index (χ4n) is 1.96. The van der Waals surface area contributed by atoms with Gasteiger partial charge in [-0.05, 0) is 11.1 Å². The molecule has 1 rings (SSSR count). The average molecular weight is 310 g/mol. The second-order valence-corrected chi connectivity index (χ2v) is 8.69. The van der Waals surface area contributed by atoms with Crippen LogP contribution in [0, 0.1) is 0 Å². The van der Waals surface area contributed by atoms with E-state index in [2.05, 4.69) is 0 Å². The van der Waals surface area contributed by atoms with Crippen LogP contribution in [-0.4, -0.2) is 35.5 Å². The molecule has 0 fully saturated rings. The SMILES string of the molecule is CC(C)(C[P+](O)(O)O)c1cccc(C[P+](O)(O)O)c1. The Morgan fingerprint density at radius 1 is 0.947 bits per heavy atom. The van der Waals surface area contributed by atoms with Gasteiger partial charge in [-0.3, -0.25) is 0 Å². The molecule has 0 spiro atoms. The molecule has 1 aromatic carbocycles. The zero-order chi connectivity index (χ0) is 14.9. The highest BCUT2D eigenvalue weighted by molar-refractivity contribution is 7.58. The van der Waals surface area contributed by atoms with Crippen molar-refractivity contribution in [2.45, 2.75) is 25.4 Å². The van der Waals surface area contributed by atoms with Crippen molar-refractivity contribution < 1.29 is 29.4 Å². The standard InChI is InChI=1S/C11H20O6P2/c1-11(2,8-19(15,16)17)10-5-3-4-9(6-10)7-18(12,13)14/h3-6,12-17H,7-8H2,1-2H3/q+2. The maximum Gasteiger partial charge on any atom is 0.408 e. The van der Waals surface area contributed by atoms with Crippen LogP contribution < -0.4 is 0 Å². The van der Waals surface area contributed by atoms with Crippen LogP contribution in [0.5, 0.6) is 0 Å². The lowest BCUT2D eigenvalue weighted by Gasteiger charge is -2.24. The van der Waals surface area contributed by atoms with Gasteiger partial charge in [0.05, 0.1) is 0 Å². The molecule has 19 heavy (non-hydrogen) atoms. The lowest BCUT2D eigenvalue weighted by atomic mass is 9.86. The highest BCUT2D eigenvalue weighted by Gasteiger charge is 2.40. The minimum Gasteiger partial charge on any atom is -0.193 e. The minimum atomic E-state index is -3.90. The molecule has 8 heteroatoms. The Morgan fingerprint density at radius 2 is 1.53 bits per heavy atom. The van der Waals surface area contributed by atoms with E-state index in [1.165, 1.54) is 0 Å². The monoisotopic (exact) mass is 310 g/mol. The molecule has 108 valence electrons. The molecule has 6 nitrogen and oxygen atoms in total. The molecule has 0 radical (unpaired) electrons. The van der Waals surface area contributed by atoms with E-state index < -0.39 is 21.3 Å². The molecule has 0 unspecified atom stereocenters. The molecule has 0 bridgehead atoms. The third kappa shape index (κ3) is 6.21. The van der Waals surface area contributed by atoms with Crippen molar-refractivity contribution in [3.63, 3.8) is 0 Å². The first-order chi connectivity index (χ1) is 8.39. The Morgan fingerprint density at radius 3 is 2.00 bits per heavy atom. The summed E-state index contributed by atoms with van der Waals surface area (Å²) in [7, 11) is -7.79. The zero-order valence-corrected chi connectivity index (χ0v) is 12.6. The Bertz CT molecular complexity index is 436. The molecule has 0 aliphatic heterocycles. The summed E-state index contributed by atoms with van der Waals surface area (Å²) >= 11 is 0. The molecular weight excluding hydrogens is 290 g/mol. The van der Waals surface area contributed by atoms with Gasteiger partial charge in [-0.15, -0.1) is 0 Å².